The molecular formula is C15H17BrN2OS. The fraction of sp³-hybridized carbons (Fsp3) is 0.267. The highest BCUT2D eigenvalue weighted by atomic mass is 79.9. The Morgan fingerprint density at radius 2 is 2.00 bits per heavy atom. The highest BCUT2D eigenvalue weighted by Gasteiger charge is 2.21. The van der Waals surface area contributed by atoms with Gasteiger partial charge in [0.2, 0.25) is 0 Å². The molecule has 5 heteroatoms. The first-order valence-electron chi connectivity index (χ1n) is 6.28. The molecule has 0 bridgehead atoms. The molecule has 20 heavy (non-hydrogen) atoms. The topological polar surface area (TPSA) is 48.1 Å². The summed E-state index contributed by atoms with van der Waals surface area (Å²) >= 11 is 5.04. The lowest BCUT2D eigenvalue weighted by Gasteiger charge is -2.22. The average molecular weight is 353 g/mol. The van der Waals surface area contributed by atoms with Gasteiger partial charge in [-0.3, -0.25) is 0 Å². The molecule has 2 unspecified atom stereocenters. The third-order valence-electron chi connectivity index (χ3n) is 2.87. The average Bonchev–Trinajstić information content (AvgIpc) is 2.46. The van der Waals surface area contributed by atoms with Gasteiger partial charge in [0, 0.05) is 22.3 Å². The second-order valence-corrected chi connectivity index (χ2v) is 6.53. The van der Waals surface area contributed by atoms with Crippen LogP contribution in [0.25, 0.3) is 0 Å². The van der Waals surface area contributed by atoms with Crippen molar-refractivity contribution in [2.75, 3.05) is 7.11 Å². The molecule has 0 amide bonds. The largest absolute Gasteiger partial charge is 0.496 e. The first-order chi connectivity index (χ1) is 9.61. The Hall–Kier alpha value is -1.04. The summed E-state index contributed by atoms with van der Waals surface area (Å²) in [6, 6.07) is 11.9. The van der Waals surface area contributed by atoms with Crippen molar-refractivity contribution in [3.05, 3.63) is 52.6 Å². The van der Waals surface area contributed by atoms with Crippen molar-refractivity contribution in [2.45, 2.75) is 23.2 Å². The van der Waals surface area contributed by atoms with E-state index in [1.54, 1.807) is 25.1 Å². The number of pyridine rings is 1. The van der Waals surface area contributed by atoms with Gasteiger partial charge in [0.05, 0.1) is 17.4 Å². The lowest BCUT2D eigenvalue weighted by Crippen LogP contribution is -2.23. The van der Waals surface area contributed by atoms with Crippen LogP contribution in [0.15, 0.2) is 52.1 Å². The number of methoxy groups -OCH3 is 1. The molecule has 0 saturated carbocycles. The zero-order chi connectivity index (χ0) is 14.5. The summed E-state index contributed by atoms with van der Waals surface area (Å²) in [5.74, 6) is 0.861. The van der Waals surface area contributed by atoms with Gasteiger partial charge in [0.25, 0.3) is 0 Å². The molecule has 3 nitrogen and oxygen atoms in total. The lowest BCUT2D eigenvalue weighted by atomic mass is 10.1. The van der Waals surface area contributed by atoms with Crippen molar-refractivity contribution >= 4 is 27.7 Å². The minimum Gasteiger partial charge on any atom is -0.496 e. The number of rotatable bonds is 5. The van der Waals surface area contributed by atoms with Crippen LogP contribution in [0, 0.1) is 0 Å². The number of halogens is 1. The SMILES string of the molecule is COc1ccccc1C(Sc1ccc(Br)cn1)C(C)N. The number of hydrogen-bond acceptors (Lipinski definition) is 4. The van der Waals surface area contributed by atoms with Crippen LogP contribution >= 0.6 is 27.7 Å². The maximum atomic E-state index is 6.16. The fourth-order valence-electron chi connectivity index (χ4n) is 1.92. The molecular weight excluding hydrogens is 336 g/mol. The van der Waals surface area contributed by atoms with E-state index in [1.165, 1.54) is 0 Å². The number of para-hydroxylation sites is 1. The Kier molecular flexibility index (Phi) is 5.46. The van der Waals surface area contributed by atoms with Gasteiger partial charge >= 0.3 is 0 Å². The Balaban J connectivity index is 2.29. The van der Waals surface area contributed by atoms with Gasteiger partial charge in [-0.2, -0.15) is 0 Å². The summed E-state index contributed by atoms with van der Waals surface area (Å²) in [6.45, 7) is 2.00. The summed E-state index contributed by atoms with van der Waals surface area (Å²) in [7, 11) is 1.68. The second-order valence-electron chi connectivity index (χ2n) is 4.45. The van der Waals surface area contributed by atoms with Crippen LogP contribution in [-0.2, 0) is 0 Å². The van der Waals surface area contributed by atoms with E-state index in [-0.39, 0.29) is 11.3 Å². The fourth-order valence-corrected chi connectivity index (χ4v) is 3.21. The van der Waals surface area contributed by atoms with Crippen molar-refractivity contribution in [3.63, 3.8) is 0 Å². The van der Waals surface area contributed by atoms with E-state index in [1.807, 2.05) is 37.3 Å². The van der Waals surface area contributed by atoms with Crippen LogP contribution in [0.3, 0.4) is 0 Å². The number of benzene rings is 1. The van der Waals surface area contributed by atoms with Gasteiger partial charge in [0.1, 0.15) is 5.75 Å². The molecule has 1 aromatic heterocycles. The number of hydrogen-bond donors (Lipinski definition) is 1. The van der Waals surface area contributed by atoms with E-state index in [0.29, 0.717) is 0 Å². The molecule has 2 aromatic rings. The minimum absolute atomic E-state index is 0.0123. The van der Waals surface area contributed by atoms with Crippen molar-refractivity contribution in [3.8, 4) is 5.75 Å². The normalized spacial score (nSPS) is 13.8. The summed E-state index contributed by atoms with van der Waals surface area (Å²) in [5.41, 5.74) is 7.25. The molecule has 0 radical (unpaired) electrons. The van der Waals surface area contributed by atoms with E-state index in [4.69, 9.17) is 10.5 Å². The van der Waals surface area contributed by atoms with E-state index in [2.05, 4.69) is 27.0 Å². The van der Waals surface area contributed by atoms with Crippen LogP contribution in [0.1, 0.15) is 17.7 Å². The van der Waals surface area contributed by atoms with Crippen molar-refractivity contribution in [2.24, 2.45) is 5.73 Å². The maximum Gasteiger partial charge on any atom is 0.123 e. The Morgan fingerprint density at radius 3 is 2.60 bits per heavy atom. The summed E-state index contributed by atoms with van der Waals surface area (Å²) in [4.78, 5) is 4.40. The van der Waals surface area contributed by atoms with Crippen LogP contribution in [0.2, 0.25) is 0 Å². The first kappa shape index (κ1) is 15.4. The zero-order valence-corrected chi connectivity index (χ0v) is 13.8. The van der Waals surface area contributed by atoms with E-state index >= 15 is 0 Å². The Morgan fingerprint density at radius 1 is 1.25 bits per heavy atom. The van der Waals surface area contributed by atoms with Crippen molar-refractivity contribution in [1.29, 1.82) is 0 Å². The molecule has 2 rings (SSSR count). The van der Waals surface area contributed by atoms with E-state index in [9.17, 15) is 0 Å². The molecule has 0 spiro atoms. The molecule has 1 aromatic carbocycles. The number of nitrogens with zero attached hydrogens (tertiary/aromatic N) is 1. The third-order valence-corrected chi connectivity index (χ3v) is 4.76. The van der Waals surface area contributed by atoms with Gasteiger partial charge < -0.3 is 10.5 Å². The first-order valence-corrected chi connectivity index (χ1v) is 7.96. The quantitative estimate of drug-likeness (QED) is 0.825. The van der Waals surface area contributed by atoms with Crippen molar-refractivity contribution < 1.29 is 4.74 Å². The smallest absolute Gasteiger partial charge is 0.123 e. The maximum absolute atomic E-state index is 6.16. The Labute approximate surface area is 132 Å². The lowest BCUT2D eigenvalue weighted by molar-refractivity contribution is 0.408. The predicted octanol–water partition coefficient (Wildman–Crippen LogP) is 4.03. The van der Waals surface area contributed by atoms with Gasteiger partial charge in [-0.25, -0.2) is 4.98 Å². The zero-order valence-electron chi connectivity index (χ0n) is 11.4. The van der Waals surface area contributed by atoms with Gasteiger partial charge in [-0.1, -0.05) is 30.0 Å². The highest BCUT2D eigenvalue weighted by Crippen LogP contribution is 2.40. The number of nitrogens with two attached hydrogens (primary N) is 1. The van der Waals surface area contributed by atoms with Crippen LogP contribution in [0.4, 0.5) is 0 Å². The molecule has 2 N–H and O–H groups in total. The molecule has 2 atom stereocenters. The molecule has 0 saturated heterocycles. The second kappa shape index (κ2) is 7.11. The van der Waals surface area contributed by atoms with Gasteiger partial charge in [-0.05, 0) is 41.1 Å². The standard InChI is InChI=1S/C15H17BrN2OS/c1-10(17)15(12-5-3-4-6-13(12)19-2)20-14-8-7-11(16)9-18-14/h3-10,15H,17H2,1-2H3. The van der Waals surface area contributed by atoms with Crippen LogP contribution < -0.4 is 10.5 Å². The van der Waals surface area contributed by atoms with E-state index in [0.717, 1.165) is 20.8 Å². The van der Waals surface area contributed by atoms with Crippen molar-refractivity contribution in [1.82, 2.24) is 4.98 Å². The molecule has 0 aliphatic rings. The predicted molar refractivity (Wildman–Crippen MR) is 87.2 cm³/mol. The summed E-state index contributed by atoms with van der Waals surface area (Å²) in [6.07, 6.45) is 1.79. The highest BCUT2D eigenvalue weighted by molar-refractivity contribution is 9.10. The minimum atomic E-state index is -0.0123. The number of ether oxygens (including phenoxy) is 1. The van der Waals surface area contributed by atoms with E-state index < -0.39 is 0 Å². The third kappa shape index (κ3) is 3.75. The Bertz CT molecular complexity index is 560. The monoisotopic (exact) mass is 352 g/mol. The number of aromatic nitrogens is 1. The molecule has 106 valence electrons. The molecule has 1 heterocycles. The van der Waals surface area contributed by atoms with Gasteiger partial charge in [-0.15, -0.1) is 0 Å². The molecule has 0 aliphatic carbocycles. The van der Waals surface area contributed by atoms with Crippen LogP contribution in [0.5, 0.6) is 5.75 Å². The summed E-state index contributed by atoms with van der Waals surface area (Å²) in [5, 5.41) is 1.04. The molecule has 0 fully saturated rings. The van der Waals surface area contributed by atoms with Crippen LogP contribution in [-0.4, -0.2) is 18.1 Å². The number of thioether (sulfide) groups is 1. The molecule has 0 aliphatic heterocycles. The summed E-state index contributed by atoms with van der Waals surface area (Å²) < 4.78 is 6.41. The van der Waals surface area contributed by atoms with Gasteiger partial charge in [0.15, 0.2) is 0 Å².